The number of halogens is 1. The van der Waals surface area contributed by atoms with Gasteiger partial charge in [-0.05, 0) is 17.7 Å². The van der Waals surface area contributed by atoms with Crippen molar-refractivity contribution in [2.75, 3.05) is 13.7 Å². The number of phenols is 1. The van der Waals surface area contributed by atoms with Gasteiger partial charge in [-0.25, -0.2) is 4.79 Å². The summed E-state index contributed by atoms with van der Waals surface area (Å²) in [5.41, 5.74) is 1.09. The Hall–Kier alpha value is -2.29. The second-order valence-electron chi connectivity index (χ2n) is 5.50. The number of phenolic OH excluding ortho intramolecular Hbond substituents is 1. The van der Waals surface area contributed by atoms with Crippen molar-refractivity contribution in [3.63, 3.8) is 0 Å². The minimum Gasteiger partial charge on any atom is -0.504 e. The summed E-state index contributed by atoms with van der Waals surface area (Å²) in [4.78, 5) is 11.7. The number of nitrogens with one attached hydrogen (secondary N) is 1. The van der Waals surface area contributed by atoms with Crippen LogP contribution in [0.1, 0.15) is 17.2 Å². The number of aliphatic hydroxyl groups excluding tert-OH is 2. The van der Waals surface area contributed by atoms with Crippen molar-refractivity contribution >= 4 is 22.0 Å². The van der Waals surface area contributed by atoms with Gasteiger partial charge in [0.25, 0.3) is 0 Å². The largest absolute Gasteiger partial charge is 0.504 e. The second-order valence-corrected chi connectivity index (χ2v) is 6.35. The Kier molecular flexibility index (Phi) is 7.26. The summed E-state index contributed by atoms with van der Waals surface area (Å²) in [7, 11) is 1.40. The molecule has 0 fully saturated rings. The normalized spacial score (nSPS) is 12.9. The molecule has 8 heteroatoms. The molecule has 0 aliphatic heterocycles. The first-order valence-electron chi connectivity index (χ1n) is 7.79. The van der Waals surface area contributed by atoms with Crippen LogP contribution in [0.2, 0.25) is 0 Å². The van der Waals surface area contributed by atoms with Crippen LogP contribution in [0.5, 0.6) is 11.5 Å². The molecule has 0 aromatic heterocycles. The molecular formula is C18H20BrNO6. The van der Waals surface area contributed by atoms with E-state index >= 15 is 0 Å². The summed E-state index contributed by atoms with van der Waals surface area (Å²) < 4.78 is 10.4. The van der Waals surface area contributed by atoms with Crippen LogP contribution in [0.15, 0.2) is 46.9 Å². The fraction of sp³-hybridized carbons (Fsp3) is 0.278. The highest BCUT2D eigenvalue weighted by Gasteiger charge is 2.23. The van der Waals surface area contributed by atoms with Crippen LogP contribution < -0.4 is 10.1 Å². The molecule has 140 valence electrons. The van der Waals surface area contributed by atoms with Crippen molar-refractivity contribution in [2.24, 2.45) is 0 Å². The summed E-state index contributed by atoms with van der Waals surface area (Å²) in [6, 6.07) is 11.9. The summed E-state index contributed by atoms with van der Waals surface area (Å²) in [5, 5.41) is 32.5. The number of methoxy groups -OCH3 is 1. The van der Waals surface area contributed by atoms with Crippen molar-refractivity contribution in [3.8, 4) is 11.5 Å². The third-order valence-corrected chi connectivity index (χ3v) is 4.34. The number of carbonyl (C=O) groups excluding carboxylic acids is 1. The molecule has 0 radical (unpaired) electrons. The minimum absolute atomic E-state index is 0.100. The number of alkyl carbamates (subject to hydrolysis) is 1. The maximum absolute atomic E-state index is 11.7. The number of ether oxygens (including phenoxy) is 2. The molecule has 0 saturated heterocycles. The van der Waals surface area contributed by atoms with E-state index in [1.54, 1.807) is 0 Å². The van der Waals surface area contributed by atoms with Crippen LogP contribution in [-0.4, -0.2) is 41.2 Å². The van der Waals surface area contributed by atoms with Gasteiger partial charge in [-0.15, -0.1) is 0 Å². The fourth-order valence-electron chi connectivity index (χ4n) is 2.23. The SMILES string of the molecule is COc1cc(Br)c(C(O)C(O)CNC(=O)OCc2ccccc2)cc1O. The molecule has 2 unspecified atom stereocenters. The van der Waals surface area contributed by atoms with Crippen molar-refractivity contribution in [1.29, 1.82) is 0 Å². The van der Waals surface area contributed by atoms with Gasteiger partial charge in [0.2, 0.25) is 0 Å². The van der Waals surface area contributed by atoms with Crippen molar-refractivity contribution < 1.29 is 29.6 Å². The van der Waals surface area contributed by atoms with Crippen LogP contribution in [0.25, 0.3) is 0 Å². The van der Waals surface area contributed by atoms with Crippen molar-refractivity contribution in [3.05, 3.63) is 58.1 Å². The average Bonchev–Trinajstić information content (AvgIpc) is 2.66. The van der Waals surface area contributed by atoms with Crippen LogP contribution >= 0.6 is 15.9 Å². The lowest BCUT2D eigenvalue weighted by molar-refractivity contribution is 0.0178. The number of aromatic hydroxyl groups is 1. The lowest BCUT2D eigenvalue weighted by Crippen LogP contribution is -2.35. The molecular weight excluding hydrogens is 406 g/mol. The Labute approximate surface area is 159 Å². The number of carbonyl (C=O) groups is 1. The summed E-state index contributed by atoms with van der Waals surface area (Å²) in [6.45, 7) is -0.128. The van der Waals surface area contributed by atoms with E-state index in [1.165, 1.54) is 19.2 Å². The lowest BCUT2D eigenvalue weighted by Gasteiger charge is -2.20. The Morgan fingerprint density at radius 2 is 1.92 bits per heavy atom. The number of aliphatic hydroxyl groups is 2. The van der Waals surface area contributed by atoms with Gasteiger partial charge in [-0.3, -0.25) is 0 Å². The maximum atomic E-state index is 11.7. The topological polar surface area (TPSA) is 108 Å². The van der Waals surface area contributed by atoms with Crippen LogP contribution in [0, 0.1) is 0 Å². The molecule has 0 aliphatic rings. The molecule has 0 aliphatic carbocycles. The number of rotatable bonds is 7. The Morgan fingerprint density at radius 3 is 2.58 bits per heavy atom. The minimum atomic E-state index is -1.34. The lowest BCUT2D eigenvalue weighted by atomic mass is 10.0. The van der Waals surface area contributed by atoms with Gasteiger partial charge >= 0.3 is 6.09 Å². The molecule has 0 heterocycles. The zero-order chi connectivity index (χ0) is 19.1. The van der Waals surface area contributed by atoms with Crippen molar-refractivity contribution in [1.82, 2.24) is 5.32 Å². The third-order valence-electron chi connectivity index (χ3n) is 3.65. The Balaban J connectivity index is 1.88. The van der Waals surface area contributed by atoms with E-state index < -0.39 is 18.3 Å². The van der Waals surface area contributed by atoms with Gasteiger partial charge in [0.05, 0.1) is 7.11 Å². The zero-order valence-corrected chi connectivity index (χ0v) is 15.6. The highest BCUT2D eigenvalue weighted by atomic mass is 79.9. The first-order valence-corrected chi connectivity index (χ1v) is 8.58. The molecule has 0 spiro atoms. The van der Waals surface area contributed by atoms with Crippen LogP contribution in [-0.2, 0) is 11.3 Å². The summed E-state index contributed by atoms with van der Waals surface area (Å²) >= 11 is 3.25. The van der Waals surface area contributed by atoms with Gasteiger partial charge in [-0.2, -0.15) is 0 Å². The summed E-state index contributed by atoms with van der Waals surface area (Å²) in [6.07, 6.45) is -3.35. The first-order chi connectivity index (χ1) is 12.4. The quantitative estimate of drug-likeness (QED) is 0.542. The van der Waals surface area contributed by atoms with E-state index in [2.05, 4.69) is 21.2 Å². The van der Waals surface area contributed by atoms with Gasteiger partial charge in [0.15, 0.2) is 11.5 Å². The fourth-order valence-corrected chi connectivity index (χ4v) is 2.79. The first kappa shape index (κ1) is 20.0. The highest BCUT2D eigenvalue weighted by molar-refractivity contribution is 9.10. The molecule has 2 rings (SSSR count). The van der Waals surface area contributed by atoms with E-state index in [0.29, 0.717) is 4.47 Å². The van der Waals surface area contributed by atoms with E-state index in [9.17, 15) is 20.1 Å². The Morgan fingerprint density at radius 1 is 1.23 bits per heavy atom. The average molecular weight is 426 g/mol. The molecule has 0 bridgehead atoms. The van der Waals surface area contributed by atoms with Gasteiger partial charge < -0.3 is 30.1 Å². The second kappa shape index (κ2) is 9.42. The van der Waals surface area contributed by atoms with E-state index in [-0.39, 0.29) is 30.2 Å². The maximum Gasteiger partial charge on any atom is 0.407 e. The van der Waals surface area contributed by atoms with Gasteiger partial charge in [0.1, 0.15) is 18.8 Å². The third kappa shape index (κ3) is 5.35. The van der Waals surface area contributed by atoms with Gasteiger partial charge in [-0.1, -0.05) is 46.3 Å². The molecule has 4 N–H and O–H groups in total. The summed E-state index contributed by atoms with van der Waals surface area (Å²) in [5.74, 6) is 0.0529. The van der Waals surface area contributed by atoms with E-state index in [1.807, 2.05) is 30.3 Å². The van der Waals surface area contributed by atoms with Crippen molar-refractivity contribution in [2.45, 2.75) is 18.8 Å². The molecule has 2 aromatic rings. The smallest absolute Gasteiger partial charge is 0.407 e. The molecule has 2 aromatic carbocycles. The number of hydrogen-bond acceptors (Lipinski definition) is 6. The molecule has 2 atom stereocenters. The van der Waals surface area contributed by atoms with Gasteiger partial charge in [0, 0.05) is 16.6 Å². The molecule has 1 amide bonds. The predicted molar refractivity (Wildman–Crippen MR) is 98.0 cm³/mol. The molecule has 26 heavy (non-hydrogen) atoms. The highest BCUT2D eigenvalue weighted by Crippen LogP contribution is 2.36. The monoisotopic (exact) mass is 425 g/mol. The zero-order valence-electron chi connectivity index (χ0n) is 14.1. The predicted octanol–water partition coefficient (Wildman–Crippen LogP) is 2.48. The van der Waals surface area contributed by atoms with E-state index in [4.69, 9.17) is 9.47 Å². The Bertz CT molecular complexity index is 740. The van der Waals surface area contributed by atoms with E-state index in [0.717, 1.165) is 5.56 Å². The molecule has 0 saturated carbocycles. The van der Waals surface area contributed by atoms with Crippen LogP contribution in [0.3, 0.4) is 0 Å². The van der Waals surface area contributed by atoms with Crippen LogP contribution in [0.4, 0.5) is 4.79 Å². The number of amides is 1. The number of hydrogen-bond donors (Lipinski definition) is 4. The molecule has 7 nitrogen and oxygen atoms in total. The standard InChI is InChI=1S/C18H20BrNO6/c1-25-16-8-13(19)12(7-14(16)21)17(23)15(22)9-20-18(24)26-10-11-5-3-2-4-6-11/h2-8,15,17,21-23H,9-10H2,1H3,(H,20,24). The number of benzene rings is 2.